The lowest BCUT2D eigenvalue weighted by Gasteiger charge is -2.30. The van der Waals surface area contributed by atoms with Crippen LogP contribution in [0.3, 0.4) is 0 Å². The van der Waals surface area contributed by atoms with Crippen molar-refractivity contribution >= 4 is 5.69 Å². The first-order chi connectivity index (χ1) is 10.2. The third kappa shape index (κ3) is 1.85. The lowest BCUT2D eigenvalue weighted by atomic mass is 10.0. The van der Waals surface area contributed by atoms with Crippen molar-refractivity contribution in [1.82, 2.24) is 9.78 Å². The van der Waals surface area contributed by atoms with Crippen LogP contribution in [-0.2, 0) is 0 Å². The van der Waals surface area contributed by atoms with Gasteiger partial charge in [-0.15, -0.1) is 0 Å². The van der Waals surface area contributed by atoms with Crippen LogP contribution in [0.2, 0.25) is 0 Å². The Morgan fingerprint density at radius 3 is 2.62 bits per heavy atom. The van der Waals surface area contributed by atoms with Gasteiger partial charge in [0.2, 0.25) is 0 Å². The Labute approximate surface area is 124 Å². The zero-order valence-electron chi connectivity index (χ0n) is 12.2. The van der Waals surface area contributed by atoms with Gasteiger partial charge in [-0.2, -0.15) is 5.10 Å². The first-order valence-electron chi connectivity index (χ1n) is 7.21. The van der Waals surface area contributed by atoms with Crippen molar-refractivity contribution in [2.24, 2.45) is 0 Å². The van der Waals surface area contributed by atoms with Crippen LogP contribution in [0.5, 0.6) is 0 Å². The molecule has 2 aromatic carbocycles. The highest BCUT2D eigenvalue weighted by Gasteiger charge is 2.26. The predicted molar refractivity (Wildman–Crippen MR) is 85.3 cm³/mol. The first kappa shape index (κ1) is 12.2. The topological polar surface area (TPSA) is 29.9 Å². The van der Waals surface area contributed by atoms with Gasteiger partial charge in [0.05, 0.1) is 11.4 Å². The smallest absolute Gasteiger partial charge is 0.147 e. The fraction of sp³-hybridized carbons (Fsp3) is 0.167. The van der Waals surface area contributed by atoms with Gasteiger partial charge < -0.3 is 5.32 Å². The molecule has 1 atom stereocenters. The summed E-state index contributed by atoms with van der Waals surface area (Å²) in [4.78, 5) is 0. The molecule has 1 aromatic heterocycles. The van der Waals surface area contributed by atoms with Crippen LogP contribution in [0.1, 0.15) is 23.0 Å². The Hall–Kier alpha value is -2.55. The maximum atomic E-state index is 4.69. The van der Waals surface area contributed by atoms with E-state index in [-0.39, 0.29) is 6.17 Å². The fourth-order valence-corrected chi connectivity index (χ4v) is 3.05. The summed E-state index contributed by atoms with van der Waals surface area (Å²) in [5, 5.41) is 8.34. The largest absolute Gasteiger partial charge is 0.359 e. The van der Waals surface area contributed by atoms with Gasteiger partial charge in [0.15, 0.2) is 0 Å². The molecule has 0 fully saturated rings. The van der Waals surface area contributed by atoms with E-state index in [0.29, 0.717) is 0 Å². The van der Waals surface area contributed by atoms with E-state index in [4.69, 9.17) is 5.10 Å². The summed E-state index contributed by atoms with van der Waals surface area (Å²) in [5.41, 5.74) is 7.14. The predicted octanol–water partition coefficient (Wildman–Crippen LogP) is 4.14. The molecule has 1 aliphatic heterocycles. The molecule has 1 N–H and O–H groups in total. The second kappa shape index (κ2) is 4.48. The van der Waals surface area contributed by atoms with E-state index >= 15 is 0 Å². The molecule has 3 heteroatoms. The molecular weight excluding hydrogens is 258 g/mol. The molecule has 104 valence electrons. The number of hydrogen-bond acceptors (Lipinski definition) is 2. The van der Waals surface area contributed by atoms with Crippen LogP contribution in [-0.4, -0.2) is 9.78 Å². The van der Waals surface area contributed by atoms with Crippen molar-refractivity contribution in [2.75, 3.05) is 5.32 Å². The van der Waals surface area contributed by atoms with Gasteiger partial charge in [-0.1, -0.05) is 48.5 Å². The Morgan fingerprint density at radius 2 is 1.81 bits per heavy atom. The Balaban J connectivity index is 1.95. The van der Waals surface area contributed by atoms with E-state index in [1.165, 1.54) is 28.1 Å². The minimum absolute atomic E-state index is 0.0449. The molecule has 1 aliphatic rings. The molecule has 1 unspecified atom stereocenters. The normalized spacial score (nSPS) is 16.0. The lowest BCUT2D eigenvalue weighted by Crippen LogP contribution is -2.26. The van der Waals surface area contributed by atoms with E-state index in [9.17, 15) is 0 Å². The molecule has 3 nitrogen and oxygen atoms in total. The van der Waals surface area contributed by atoms with Gasteiger partial charge in [-0.3, -0.25) is 0 Å². The summed E-state index contributed by atoms with van der Waals surface area (Å²) in [6.45, 7) is 4.19. The van der Waals surface area contributed by atoms with E-state index in [2.05, 4.69) is 65.5 Å². The quantitative estimate of drug-likeness (QED) is 0.723. The molecule has 2 heterocycles. The molecule has 3 aromatic rings. The maximum Gasteiger partial charge on any atom is 0.147 e. The van der Waals surface area contributed by atoms with Gasteiger partial charge in [0, 0.05) is 11.3 Å². The van der Waals surface area contributed by atoms with E-state index < -0.39 is 0 Å². The summed E-state index contributed by atoms with van der Waals surface area (Å²) in [6, 6.07) is 19.0. The van der Waals surface area contributed by atoms with Crippen LogP contribution in [0.25, 0.3) is 11.3 Å². The summed E-state index contributed by atoms with van der Waals surface area (Å²) >= 11 is 0. The van der Waals surface area contributed by atoms with Crippen molar-refractivity contribution in [2.45, 2.75) is 20.0 Å². The molecular formula is C18H17N3. The number of rotatable bonds is 1. The maximum absolute atomic E-state index is 4.69. The van der Waals surface area contributed by atoms with E-state index in [1.54, 1.807) is 0 Å². The van der Waals surface area contributed by atoms with Crippen LogP contribution in [0.4, 0.5) is 5.69 Å². The second-order valence-electron chi connectivity index (χ2n) is 5.57. The van der Waals surface area contributed by atoms with Gasteiger partial charge in [-0.25, -0.2) is 4.68 Å². The molecule has 0 amide bonds. The van der Waals surface area contributed by atoms with Crippen LogP contribution in [0.15, 0.2) is 54.6 Å². The lowest BCUT2D eigenvalue weighted by molar-refractivity contribution is 0.570. The zero-order chi connectivity index (χ0) is 14.4. The number of para-hydroxylation sites is 1. The van der Waals surface area contributed by atoms with Crippen molar-refractivity contribution in [1.29, 1.82) is 0 Å². The van der Waals surface area contributed by atoms with Gasteiger partial charge in [0.25, 0.3) is 0 Å². The summed E-state index contributed by atoms with van der Waals surface area (Å²) in [7, 11) is 0. The van der Waals surface area contributed by atoms with Crippen molar-refractivity contribution in [3.63, 3.8) is 0 Å². The molecule has 4 rings (SSSR count). The minimum Gasteiger partial charge on any atom is -0.359 e. The van der Waals surface area contributed by atoms with Crippen molar-refractivity contribution < 1.29 is 0 Å². The summed E-state index contributed by atoms with van der Waals surface area (Å²) < 4.78 is 2.09. The van der Waals surface area contributed by atoms with Crippen LogP contribution >= 0.6 is 0 Å². The third-order valence-electron chi connectivity index (χ3n) is 4.05. The number of hydrogen-bond donors (Lipinski definition) is 1. The number of anilines is 1. The Morgan fingerprint density at radius 1 is 1.00 bits per heavy atom. The van der Waals surface area contributed by atoms with Gasteiger partial charge >= 0.3 is 0 Å². The fourth-order valence-electron chi connectivity index (χ4n) is 3.05. The number of nitrogens with one attached hydrogen (secondary N) is 1. The molecule has 0 saturated carbocycles. The zero-order valence-corrected chi connectivity index (χ0v) is 12.2. The number of benzene rings is 2. The number of nitrogens with zero attached hydrogens (tertiary/aromatic N) is 2. The second-order valence-corrected chi connectivity index (χ2v) is 5.57. The van der Waals surface area contributed by atoms with Crippen LogP contribution < -0.4 is 5.32 Å². The first-order valence-corrected chi connectivity index (χ1v) is 7.21. The highest BCUT2D eigenvalue weighted by atomic mass is 15.4. The third-order valence-corrected chi connectivity index (χ3v) is 4.05. The molecule has 0 saturated heterocycles. The summed E-state index contributed by atoms with van der Waals surface area (Å²) in [6.07, 6.45) is 0.0449. The Bertz CT molecular complexity index is 803. The molecule has 0 bridgehead atoms. The van der Waals surface area contributed by atoms with E-state index in [1.807, 2.05) is 13.0 Å². The summed E-state index contributed by atoms with van der Waals surface area (Å²) in [5.74, 6) is 0. The SMILES string of the molecule is Cc1cc2n(n1)C(c1ccccc1)Nc1c(C)cccc1-2. The standard InChI is InChI=1S/C18H17N3/c1-12-7-6-10-15-16-11-13(2)20-21(16)18(19-17(12)15)14-8-4-3-5-9-14/h3-11,18-19H,1-2H3. The number of aromatic nitrogens is 2. The minimum atomic E-state index is 0.0449. The van der Waals surface area contributed by atoms with Gasteiger partial charge in [-0.05, 0) is 31.0 Å². The van der Waals surface area contributed by atoms with Crippen LogP contribution in [0, 0.1) is 13.8 Å². The monoisotopic (exact) mass is 275 g/mol. The molecule has 0 radical (unpaired) electrons. The molecule has 0 aliphatic carbocycles. The van der Waals surface area contributed by atoms with Gasteiger partial charge in [0.1, 0.15) is 6.17 Å². The van der Waals surface area contributed by atoms with E-state index in [0.717, 1.165) is 5.69 Å². The van der Waals surface area contributed by atoms with Crippen molar-refractivity contribution in [3.05, 3.63) is 71.4 Å². The average Bonchev–Trinajstić information content (AvgIpc) is 2.89. The highest BCUT2D eigenvalue weighted by Crippen LogP contribution is 2.40. The van der Waals surface area contributed by atoms with Crippen molar-refractivity contribution in [3.8, 4) is 11.3 Å². The number of aryl methyl sites for hydroxylation is 2. The average molecular weight is 275 g/mol. The Kier molecular flexibility index (Phi) is 2.61. The number of fused-ring (bicyclic) bond motifs is 3. The molecule has 21 heavy (non-hydrogen) atoms. The highest BCUT2D eigenvalue weighted by molar-refractivity contribution is 5.81. The molecule has 0 spiro atoms.